The third kappa shape index (κ3) is 7.19. The molecule has 0 fully saturated rings. The van der Waals surface area contributed by atoms with Crippen LogP contribution in [0.5, 0.6) is 0 Å². The average molecular weight is 479 g/mol. The number of allylic oxidation sites excluding steroid dienone is 2. The van der Waals surface area contributed by atoms with Gasteiger partial charge >= 0.3 is 0 Å². The van der Waals surface area contributed by atoms with Crippen molar-refractivity contribution in [3.05, 3.63) is 54.3 Å². The van der Waals surface area contributed by atoms with Gasteiger partial charge in [-0.2, -0.15) is 0 Å². The molecule has 0 spiro atoms. The largest absolute Gasteiger partial charge is 0.552 e. The lowest BCUT2D eigenvalue weighted by Crippen LogP contribution is -2.82. The van der Waals surface area contributed by atoms with Gasteiger partial charge < -0.3 is 8.85 Å². The highest BCUT2D eigenvalue weighted by atomic mass is 29.7. The first-order valence-corrected chi connectivity index (χ1v) is 25.6. The SMILES string of the molecule is CC(C)(C)C(O[Si](C)(C)C)[Si](O/C=C/C=C/c1ccccc1)([Si](C)(C)C)[Si](C)(C)C. The van der Waals surface area contributed by atoms with E-state index in [0.29, 0.717) is 0 Å². The van der Waals surface area contributed by atoms with Crippen molar-refractivity contribution < 1.29 is 8.85 Å². The molecular formula is C24H46O2Si4. The Labute approximate surface area is 190 Å². The van der Waals surface area contributed by atoms with Gasteiger partial charge in [0.05, 0.1) is 27.2 Å². The Morgan fingerprint density at radius 2 is 1.27 bits per heavy atom. The Morgan fingerprint density at radius 1 is 0.767 bits per heavy atom. The molecule has 6 heteroatoms. The maximum atomic E-state index is 7.06. The van der Waals surface area contributed by atoms with Crippen LogP contribution in [0.25, 0.3) is 6.08 Å². The molecule has 30 heavy (non-hydrogen) atoms. The summed E-state index contributed by atoms with van der Waals surface area (Å²) in [6.07, 6.45) is 8.29. The second-order valence-corrected chi connectivity index (χ2v) is 43.1. The Hall–Kier alpha value is -0.672. The van der Waals surface area contributed by atoms with Crippen LogP contribution in [0.15, 0.2) is 48.7 Å². The topological polar surface area (TPSA) is 18.5 Å². The van der Waals surface area contributed by atoms with Crippen molar-refractivity contribution in [2.24, 2.45) is 5.41 Å². The number of hydrogen-bond acceptors (Lipinski definition) is 2. The zero-order valence-corrected chi connectivity index (χ0v) is 25.6. The van der Waals surface area contributed by atoms with Gasteiger partial charge in [0.1, 0.15) is 0 Å². The zero-order valence-electron chi connectivity index (χ0n) is 21.6. The average Bonchev–Trinajstić information content (AvgIpc) is 2.53. The summed E-state index contributed by atoms with van der Waals surface area (Å²) in [6.45, 7) is 29.1. The van der Waals surface area contributed by atoms with E-state index in [-0.39, 0.29) is 11.1 Å². The molecular weight excluding hydrogens is 433 g/mol. The first-order valence-electron chi connectivity index (χ1n) is 11.2. The summed E-state index contributed by atoms with van der Waals surface area (Å²) < 4.78 is 14.1. The maximum Gasteiger partial charge on any atom is 0.245 e. The quantitative estimate of drug-likeness (QED) is 0.205. The smallest absolute Gasteiger partial charge is 0.245 e. The lowest BCUT2D eigenvalue weighted by molar-refractivity contribution is 0.130. The summed E-state index contributed by atoms with van der Waals surface area (Å²) in [7, 11) is -7.31. The third-order valence-corrected chi connectivity index (χ3v) is 42.4. The Bertz CT molecular complexity index is 701. The molecule has 0 saturated heterocycles. The van der Waals surface area contributed by atoms with E-state index in [4.69, 9.17) is 8.85 Å². The number of benzene rings is 1. The summed E-state index contributed by atoms with van der Waals surface area (Å²) >= 11 is 0. The van der Waals surface area contributed by atoms with Gasteiger partial charge in [-0.25, -0.2) is 0 Å². The van der Waals surface area contributed by atoms with E-state index < -0.39 is 30.9 Å². The summed E-state index contributed by atoms with van der Waals surface area (Å²) in [4.78, 5) is 0. The first kappa shape index (κ1) is 27.4. The van der Waals surface area contributed by atoms with Crippen LogP contribution in [0.2, 0.25) is 58.9 Å². The predicted molar refractivity (Wildman–Crippen MR) is 146 cm³/mol. The lowest BCUT2D eigenvalue weighted by Gasteiger charge is -2.56. The van der Waals surface area contributed by atoms with Crippen molar-refractivity contribution in [2.75, 3.05) is 0 Å². The van der Waals surface area contributed by atoms with E-state index >= 15 is 0 Å². The van der Waals surface area contributed by atoms with Crippen molar-refractivity contribution in [3.63, 3.8) is 0 Å². The van der Waals surface area contributed by atoms with Crippen LogP contribution in [0.1, 0.15) is 26.3 Å². The van der Waals surface area contributed by atoms with Gasteiger partial charge in [-0.15, -0.1) is 0 Å². The van der Waals surface area contributed by atoms with Crippen molar-refractivity contribution >= 4 is 36.9 Å². The fourth-order valence-corrected chi connectivity index (χ4v) is 51.3. The first-order chi connectivity index (χ1) is 13.4. The molecule has 1 unspecified atom stereocenters. The van der Waals surface area contributed by atoms with E-state index in [9.17, 15) is 0 Å². The minimum atomic E-state index is -2.23. The highest BCUT2D eigenvalue weighted by Gasteiger charge is 2.66. The standard InChI is InChI=1S/C24H46O2Si4/c1-24(2,3)23(26-27(4,5)6)30(28(7,8)9,29(10,11)12)25-21-17-16-20-22-18-14-13-15-19-22/h13-21,23H,1-12H3/b20-16+,21-17+. The van der Waals surface area contributed by atoms with Gasteiger partial charge in [0.25, 0.3) is 0 Å². The summed E-state index contributed by atoms with van der Waals surface area (Å²) in [5.74, 6) is 0. The summed E-state index contributed by atoms with van der Waals surface area (Å²) in [5.41, 5.74) is 1.47. The normalized spacial score (nSPS) is 15.7. The Balaban J connectivity index is 3.42. The summed E-state index contributed by atoms with van der Waals surface area (Å²) in [6, 6.07) is 10.4. The molecule has 1 aromatic carbocycles. The fraction of sp³-hybridized carbons (Fsp3) is 0.583. The minimum absolute atomic E-state index is 0.0563. The van der Waals surface area contributed by atoms with Crippen molar-refractivity contribution in [3.8, 4) is 0 Å². The molecule has 0 aliphatic heterocycles. The van der Waals surface area contributed by atoms with Gasteiger partial charge in [0.2, 0.25) is 7.35 Å². The molecule has 170 valence electrons. The van der Waals surface area contributed by atoms with E-state index in [1.807, 2.05) is 12.3 Å². The maximum absolute atomic E-state index is 7.06. The van der Waals surface area contributed by atoms with Crippen LogP contribution in [-0.4, -0.2) is 36.6 Å². The van der Waals surface area contributed by atoms with Gasteiger partial charge in [-0.1, -0.05) is 103 Å². The van der Waals surface area contributed by atoms with Crippen molar-refractivity contribution in [1.82, 2.24) is 0 Å². The zero-order chi connectivity index (χ0) is 23.4. The molecule has 0 bridgehead atoms. The molecule has 0 aliphatic carbocycles. The van der Waals surface area contributed by atoms with Crippen LogP contribution in [0.3, 0.4) is 0 Å². The van der Waals surface area contributed by atoms with E-state index in [2.05, 4.69) is 122 Å². The van der Waals surface area contributed by atoms with Crippen LogP contribution < -0.4 is 0 Å². The Kier molecular flexibility index (Phi) is 8.99. The molecule has 1 rings (SSSR count). The van der Waals surface area contributed by atoms with Crippen LogP contribution in [0, 0.1) is 5.41 Å². The highest BCUT2D eigenvalue weighted by molar-refractivity contribution is 7.67. The fourth-order valence-electron chi connectivity index (χ4n) is 4.47. The second-order valence-electron chi connectivity index (χ2n) is 12.4. The molecule has 1 atom stereocenters. The van der Waals surface area contributed by atoms with Gasteiger partial charge in [0.15, 0.2) is 8.32 Å². The van der Waals surface area contributed by atoms with Crippen LogP contribution in [-0.2, 0) is 8.85 Å². The molecule has 0 saturated carbocycles. The molecule has 1 aromatic rings. The summed E-state index contributed by atoms with van der Waals surface area (Å²) in [5, 5.41) is 0. The minimum Gasteiger partial charge on any atom is -0.552 e. The van der Waals surface area contributed by atoms with E-state index in [0.717, 1.165) is 0 Å². The van der Waals surface area contributed by atoms with Gasteiger partial charge in [0, 0.05) is 0 Å². The van der Waals surface area contributed by atoms with E-state index in [1.54, 1.807) is 0 Å². The lowest BCUT2D eigenvalue weighted by atomic mass is 9.98. The molecule has 0 N–H and O–H groups in total. The molecule has 0 aliphatic rings. The monoisotopic (exact) mass is 478 g/mol. The molecule has 0 radical (unpaired) electrons. The van der Waals surface area contributed by atoms with Crippen LogP contribution >= 0.6 is 0 Å². The van der Waals surface area contributed by atoms with Crippen molar-refractivity contribution in [1.29, 1.82) is 0 Å². The molecule has 0 amide bonds. The molecule has 0 heterocycles. The van der Waals surface area contributed by atoms with Crippen LogP contribution in [0.4, 0.5) is 0 Å². The molecule has 0 aromatic heterocycles. The third-order valence-electron chi connectivity index (χ3n) is 5.39. The molecule has 2 nitrogen and oxygen atoms in total. The van der Waals surface area contributed by atoms with Crippen molar-refractivity contribution in [2.45, 2.75) is 85.4 Å². The predicted octanol–water partition coefficient (Wildman–Crippen LogP) is 7.81. The van der Waals surface area contributed by atoms with E-state index in [1.165, 1.54) is 5.56 Å². The highest BCUT2D eigenvalue weighted by Crippen LogP contribution is 2.42. The second kappa shape index (κ2) is 9.86. The number of rotatable bonds is 9. The van der Waals surface area contributed by atoms with Gasteiger partial charge in [-0.05, 0) is 36.7 Å². The Morgan fingerprint density at radius 3 is 1.67 bits per heavy atom. The number of hydrogen-bond donors (Lipinski definition) is 0. The van der Waals surface area contributed by atoms with Gasteiger partial charge in [-0.3, -0.25) is 0 Å².